The van der Waals surface area contributed by atoms with E-state index in [0.717, 1.165) is 13.1 Å². The number of hydrogen-bond acceptors (Lipinski definition) is 7. The van der Waals surface area contributed by atoms with Crippen molar-refractivity contribution in [2.45, 2.75) is 0 Å². The van der Waals surface area contributed by atoms with Gasteiger partial charge in [-0.2, -0.15) is 0 Å². The molecule has 0 aromatic carbocycles. The lowest BCUT2D eigenvalue weighted by Gasteiger charge is -2.27. The molecule has 0 bridgehead atoms. The fourth-order valence-electron chi connectivity index (χ4n) is 1.96. The summed E-state index contributed by atoms with van der Waals surface area (Å²) in [4.78, 5) is 18.8. The van der Waals surface area contributed by atoms with Gasteiger partial charge in [-0.05, 0) is 6.07 Å². The van der Waals surface area contributed by atoms with Gasteiger partial charge < -0.3 is 15.4 Å². The summed E-state index contributed by atoms with van der Waals surface area (Å²) in [5.74, 6) is 0.776. The summed E-state index contributed by atoms with van der Waals surface area (Å²) < 4.78 is 5.31. The fourth-order valence-corrected chi connectivity index (χ4v) is 2.14. The Bertz CT molecular complexity index is 617. The molecule has 8 heteroatoms. The Balaban J connectivity index is 1.97. The summed E-state index contributed by atoms with van der Waals surface area (Å²) in [5, 5.41) is 0.369. The molecular weight excluding hydrogens is 280 g/mol. The van der Waals surface area contributed by atoms with Gasteiger partial charge in [0, 0.05) is 25.4 Å². The van der Waals surface area contributed by atoms with E-state index in [0.29, 0.717) is 35.7 Å². The van der Waals surface area contributed by atoms with Crippen LogP contribution in [-0.4, -0.2) is 46.2 Å². The van der Waals surface area contributed by atoms with E-state index in [1.165, 1.54) is 0 Å². The molecule has 0 atom stereocenters. The van der Waals surface area contributed by atoms with Crippen LogP contribution in [0.4, 0.5) is 11.9 Å². The van der Waals surface area contributed by atoms with Gasteiger partial charge in [0.2, 0.25) is 11.9 Å². The van der Waals surface area contributed by atoms with Gasteiger partial charge in [-0.25, -0.2) is 19.9 Å². The van der Waals surface area contributed by atoms with E-state index >= 15 is 0 Å². The van der Waals surface area contributed by atoms with Gasteiger partial charge in [-0.1, -0.05) is 11.6 Å². The maximum atomic E-state index is 6.08. The molecule has 0 aliphatic carbocycles. The minimum Gasteiger partial charge on any atom is -0.378 e. The van der Waals surface area contributed by atoms with Crippen molar-refractivity contribution in [1.29, 1.82) is 0 Å². The van der Waals surface area contributed by atoms with Gasteiger partial charge in [-0.3, -0.25) is 0 Å². The zero-order chi connectivity index (χ0) is 13.9. The Hall–Kier alpha value is -1.99. The number of aromatic nitrogens is 4. The number of morpholine rings is 1. The summed E-state index contributed by atoms with van der Waals surface area (Å²) in [7, 11) is 0. The van der Waals surface area contributed by atoms with Gasteiger partial charge in [0.1, 0.15) is 5.15 Å². The molecule has 2 N–H and O–H groups in total. The number of nitrogens with two attached hydrogens (primary N) is 1. The third-order valence-electron chi connectivity index (χ3n) is 2.91. The SMILES string of the molecule is Nc1nccc(-c2cc(Cl)nc(N3CCOCC3)n2)n1. The number of rotatable bonds is 2. The topological polar surface area (TPSA) is 90.0 Å². The molecule has 1 aliphatic rings. The van der Waals surface area contributed by atoms with E-state index in [1.54, 1.807) is 18.3 Å². The quantitative estimate of drug-likeness (QED) is 0.826. The van der Waals surface area contributed by atoms with E-state index in [1.807, 2.05) is 4.90 Å². The second-order valence-corrected chi connectivity index (χ2v) is 4.66. The van der Waals surface area contributed by atoms with Crippen LogP contribution in [-0.2, 0) is 4.74 Å². The van der Waals surface area contributed by atoms with Crippen molar-refractivity contribution in [2.24, 2.45) is 0 Å². The second kappa shape index (κ2) is 5.56. The third-order valence-corrected chi connectivity index (χ3v) is 3.11. The fraction of sp³-hybridized carbons (Fsp3) is 0.333. The van der Waals surface area contributed by atoms with Crippen LogP contribution < -0.4 is 10.6 Å². The Morgan fingerprint density at radius 2 is 1.95 bits per heavy atom. The molecule has 1 saturated heterocycles. The Kier molecular flexibility index (Phi) is 3.62. The molecule has 1 aliphatic heterocycles. The van der Waals surface area contributed by atoms with Crippen molar-refractivity contribution >= 4 is 23.5 Å². The first kappa shape index (κ1) is 13.0. The zero-order valence-electron chi connectivity index (χ0n) is 10.7. The Labute approximate surface area is 120 Å². The highest BCUT2D eigenvalue weighted by atomic mass is 35.5. The standard InChI is InChI=1S/C12H13ClN6O/c13-10-7-9(8-1-2-15-11(14)16-8)17-12(18-10)19-3-5-20-6-4-19/h1-2,7H,3-6H2,(H2,14,15,16). The smallest absolute Gasteiger partial charge is 0.227 e. The lowest BCUT2D eigenvalue weighted by Crippen LogP contribution is -2.37. The summed E-state index contributed by atoms with van der Waals surface area (Å²) >= 11 is 6.08. The molecule has 7 nitrogen and oxygen atoms in total. The van der Waals surface area contributed by atoms with Crippen molar-refractivity contribution in [3.63, 3.8) is 0 Å². The molecule has 0 radical (unpaired) electrons. The number of hydrogen-bond donors (Lipinski definition) is 1. The van der Waals surface area contributed by atoms with Crippen LogP contribution in [0.15, 0.2) is 18.3 Å². The highest BCUT2D eigenvalue weighted by Gasteiger charge is 2.16. The van der Waals surface area contributed by atoms with E-state index in [9.17, 15) is 0 Å². The van der Waals surface area contributed by atoms with E-state index in [2.05, 4.69) is 19.9 Å². The first-order valence-corrected chi connectivity index (χ1v) is 6.56. The monoisotopic (exact) mass is 292 g/mol. The summed E-state index contributed by atoms with van der Waals surface area (Å²) in [5.41, 5.74) is 6.84. The molecule has 0 saturated carbocycles. The second-order valence-electron chi connectivity index (χ2n) is 4.28. The van der Waals surface area contributed by atoms with Gasteiger partial charge in [-0.15, -0.1) is 0 Å². The molecule has 0 amide bonds. The van der Waals surface area contributed by atoms with Gasteiger partial charge in [0.15, 0.2) is 0 Å². The summed E-state index contributed by atoms with van der Waals surface area (Å²) in [6.45, 7) is 2.80. The van der Waals surface area contributed by atoms with Crippen molar-refractivity contribution in [1.82, 2.24) is 19.9 Å². The van der Waals surface area contributed by atoms with Crippen molar-refractivity contribution in [3.05, 3.63) is 23.5 Å². The van der Waals surface area contributed by atoms with Gasteiger partial charge in [0.05, 0.1) is 24.6 Å². The minimum atomic E-state index is 0.199. The highest BCUT2D eigenvalue weighted by molar-refractivity contribution is 6.29. The maximum absolute atomic E-state index is 6.08. The predicted molar refractivity (Wildman–Crippen MR) is 75.5 cm³/mol. The number of halogens is 1. The lowest BCUT2D eigenvalue weighted by molar-refractivity contribution is 0.122. The predicted octanol–water partition coefficient (Wildman–Crippen LogP) is 1.01. The molecular formula is C12H13ClN6O. The average molecular weight is 293 g/mol. The molecule has 3 rings (SSSR count). The van der Waals surface area contributed by atoms with Crippen LogP contribution in [0.25, 0.3) is 11.4 Å². The van der Waals surface area contributed by atoms with Crippen molar-refractivity contribution < 1.29 is 4.74 Å². The first-order chi connectivity index (χ1) is 9.72. The molecule has 0 spiro atoms. The Morgan fingerprint density at radius 1 is 1.15 bits per heavy atom. The van der Waals surface area contributed by atoms with Crippen LogP contribution in [0, 0.1) is 0 Å². The van der Waals surface area contributed by atoms with E-state index < -0.39 is 0 Å². The average Bonchev–Trinajstić information content (AvgIpc) is 2.47. The lowest BCUT2D eigenvalue weighted by atomic mass is 10.3. The number of nitrogen functional groups attached to an aromatic ring is 1. The zero-order valence-corrected chi connectivity index (χ0v) is 11.4. The van der Waals surface area contributed by atoms with Crippen LogP contribution in [0.1, 0.15) is 0 Å². The summed E-state index contributed by atoms with van der Waals surface area (Å²) in [6.07, 6.45) is 1.59. The van der Waals surface area contributed by atoms with Crippen LogP contribution in [0.5, 0.6) is 0 Å². The molecule has 2 aromatic heterocycles. The third kappa shape index (κ3) is 2.78. The molecule has 1 fully saturated rings. The number of nitrogens with zero attached hydrogens (tertiary/aromatic N) is 5. The first-order valence-electron chi connectivity index (χ1n) is 6.18. The van der Waals surface area contributed by atoms with Crippen molar-refractivity contribution in [3.8, 4) is 11.4 Å². The van der Waals surface area contributed by atoms with Gasteiger partial charge in [0.25, 0.3) is 0 Å². The highest BCUT2D eigenvalue weighted by Crippen LogP contribution is 2.22. The van der Waals surface area contributed by atoms with E-state index in [-0.39, 0.29) is 5.95 Å². The minimum absolute atomic E-state index is 0.199. The number of ether oxygens (including phenoxy) is 1. The van der Waals surface area contributed by atoms with Crippen molar-refractivity contribution in [2.75, 3.05) is 36.9 Å². The maximum Gasteiger partial charge on any atom is 0.227 e. The largest absolute Gasteiger partial charge is 0.378 e. The number of anilines is 2. The van der Waals surface area contributed by atoms with Crippen LogP contribution in [0.3, 0.4) is 0 Å². The molecule has 3 heterocycles. The molecule has 2 aromatic rings. The van der Waals surface area contributed by atoms with E-state index in [4.69, 9.17) is 22.1 Å². The van der Waals surface area contributed by atoms with Crippen LogP contribution in [0.2, 0.25) is 5.15 Å². The summed E-state index contributed by atoms with van der Waals surface area (Å²) in [6, 6.07) is 3.39. The normalized spacial score (nSPS) is 15.3. The van der Waals surface area contributed by atoms with Crippen LogP contribution >= 0.6 is 11.6 Å². The molecule has 104 valence electrons. The molecule has 0 unspecified atom stereocenters. The Morgan fingerprint density at radius 3 is 2.70 bits per heavy atom. The molecule has 20 heavy (non-hydrogen) atoms. The van der Waals surface area contributed by atoms with Gasteiger partial charge >= 0.3 is 0 Å².